The summed E-state index contributed by atoms with van der Waals surface area (Å²) in [5.74, 6) is -5.60. The minimum atomic E-state index is -4.86. The van der Waals surface area contributed by atoms with E-state index in [-0.39, 0.29) is 29.7 Å². The first-order valence-electron chi connectivity index (χ1n) is 10.0. The highest BCUT2D eigenvalue weighted by atomic mass is 35.5. The van der Waals surface area contributed by atoms with Crippen molar-refractivity contribution in [3.8, 4) is 11.3 Å². The monoisotopic (exact) mass is 492 g/mol. The Kier molecular flexibility index (Phi) is 5.94. The molecule has 3 aromatic rings. The molecule has 0 saturated heterocycles. The van der Waals surface area contributed by atoms with Gasteiger partial charge in [0.2, 0.25) is 0 Å². The lowest BCUT2D eigenvalue weighted by atomic mass is 9.74. The molecule has 1 aliphatic carbocycles. The second-order valence-corrected chi connectivity index (χ2v) is 8.31. The second kappa shape index (κ2) is 8.60. The van der Waals surface area contributed by atoms with Gasteiger partial charge in [-0.1, -0.05) is 29.8 Å². The predicted molar refractivity (Wildman–Crippen MR) is 114 cm³/mol. The molecule has 0 radical (unpaired) electrons. The Balaban J connectivity index is 1.87. The molecular formula is C23H16ClF3N2O5. The standard InChI is InChI=1S/C23H16ClF3N2O5/c24-15-3-1-2-14(23(25,26)27)18(15)20(30)13-8-12(22(33)34)9-16-17(13)19(29-28-16)10-4-6-11(7-5-10)21(31)32/h1-7,12-13H,8-9H2,(H,28,29)(H,31,32)(H,33,34). The molecule has 11 heteroatoms. The largest absolute Gasteiger partial charge is 0.481 e. The summed E-state index contributed by atoms with van der Waals surface area (Å²) >= 11 is 6.04. The van der Waals surface area contributed by atoms with E-state index in [0.717, 1.165) is 12.1 Å². The van der Waals surface area contributed by atoms with E-state index >= 15 is 0 Å². The zero-order valence-electron chi connectivity index (χ0n) is 17.2. The number of carboxylic acids is 2. The summed E-state index contributed by atoms with van der Waals surface area (Å²) in [4.78, 5) is 36.4. The summed E-state index contributed by atoms with van der Waals surface area (Å²) in [6.07, 6.45) is -5.10. The minimum absolute atomic E-state index is 0.00328. The summed E-state index contributed by atoms with van der Waals surface area (Å²) in [5.41, 5.74) is -0.683. The van der Waals surface area contributed by atoms with E-state index in [1.54, 1.807) is 0 Å². The van der Waals surface area contributed by atoms with E-state index in [4.69, 9.17) is 16.7 Å². The van der Waals surface area contributed by atoms with Crippen molar-refractivity contribution in [3.05, 3.63) is 75.4 Å². The fourth-order valence-electron chi connectivity index (χ4n) is 4.25. The second-order valence-electron chi connectivity index (χ2n) is 7.90. The van der Waals surface area contributed by atoms with Crippen LogP contribution in [0, 0.1) is 5.92 Å². The maximum Gasteiger partial charge on any atom is 0.417 e. The van der Waals surface area contributed by atoms with Crippen LogP contribution in [0.1, 0.15) is 49.9 Å². The summed E-state index contributed by atoms with van der Waals surface area (Å²) in [6.45, 7) is 0. The van der Waals surface area contributed by atoms with Crippen molar-refractivity contribution in [1.29, 1.82) is 0 Å². The van der Waals surface area contributed by atoms with Crippen LogP contribution in [0.2, 0.25) is 5.02 Å². The first-order valence-corrected chi connectivity index (χ1v) is 10.4. The molecule has 0 fully saturated rings. The summed E-state index contributed by atoms with van der Waals surface area (Å²) in [5, 5.41) is 25.2. The lowest BCUT2D eigenvalue weighted by Crippen LogP contribution is -2.30. The number of aromatic carboxylic acids is 1. The first kappa shape index (κ1) is 23.5. The van der Waals surface area contributed by atoms with Crippen molar-refractivity contribution in [3.63, 3.8) is 0 Å². The van der Waals surface area contributed by atoms with E-state index in [9.17, 15) is 32.7 Å². The number of nitrogens with zero attached hydrogens (tertiary/aromatic N) is 1. The fourth-order valence-corrected chi connectivity index (χ4v) is 4.52. The van der Waals surface area contributed by atoms with Crippen LogP contribution >= 0.6 is 11.6 Å². The molecule has 4 rings (SSSR count). The van der Waals surface area contributed by atoms with Gasteiger partial charge in [0, 0.05) is 28.8 Å². The quantitative estimate of drug-likeness (QED) is 0.428. The van der Waals surface area contributed by atoms with Crippen molar-refractivity contribution >= 4 is 29.3 Å². The SMILES string of the molecule is O=C(O)c1ccc(-c2n[nH]c3c2C(C(=O)c2c(Cl)cccc2C(F)(F)F)CC(C(=O)O)C3)cc1. The Labute approximate surface area is 195 Å². The molecule has 0 aliphatic heterocycles. The number of nitrogens with one attached hydrogen (secondary N) is 1. The molecule has 2 unspecified atom stereocenters. The van der Waals surface area contributed by atoms with E-state index in [2.05, 4.69) is 10.2 Å². The van der Waals surface area contributed by atoms with Crippen molar-refractivity contribution in [2.45, 2.75) is 24.9 Å². The van der Waals surface area contributed by atoms with Crippen LogP contribution in [-0.4, -0.2) is 38.1 Å². The number of hydrogen-bond acceptors (Lipinski definition) is 4. The van der Waals surface area contributed by atoms with Gasteiger partial charge in [0.05, 0.1) is 33.7 Å². The van der Waals surface area contributed by atoms with E-state index in [1.807, 2.05) is 0 Å². The number of aromatic amines is 1. The number of alkyl halides is 3. The number of aromatic nitrogens is 2. The molecule has 0 saturated carbocycles. The van der Waals surface area contributed by atoms with Gasteiger partial charge in [-0.2, -0.15) is 18.3 Å². The number of halogens is 4. The van der Waals surface area contributed by atoms with Crippen LogP contribution in [0.5, 0.6) is 0 Å². The van der Waals surface area contributed by atoms with E-state index in [1.165, 1.54) is 30.3 Å². The number of H-pyrrole nitrogens is 1. The predicted octanol–water partition coefficient (Wildman–Crippen LogP) is 5.06. The van der Waals surface area contributed by atoms with Crippen LogP contribution in [0.3, 0.4) is 0 Å². The van der Waals surface area contributed by atoms with Gasteiger partial charge in [0.25, 0.3) is 0 Å². The van der Waals surface area contributed by atoms with Gasteiger partial charge < -0.3 is 10.2 Å². The van der Waals surface area contributed by atoms with Crippen molar-refractivity contribution in [1.82, 2.24) is 10.2 Å². The molecule has 1 heterocycles. The number of carbonyl (C=O) groups is 3. The highest BCUT2D eigenvalue weighted by Gasteiger charge is 2.43. The Morgan fingerprint density at radius 1 is 1.06 bits per heavy atom. The van der Waals surface area contributed by atoms with Gasteiger partial charge >= 0.3 is 18.1 Å². The summed E-state index contributed by atoms with van der Waals surface area (Å²) < 4.78 is 41.0. The summed E-state index contributed by atoms with van der Waals surface area (Å²) in [7, 11) is 0. The third kappa shape index (κ3) is 4.16. The third-order valence-corrected chi connectivity index (χ3v) is 6.15. The number of carbonyl (C=O) groups excluding carboxylic acids is 1. The van der Waals surface area contributed by atoms with Gasteiger partial charge in [-0.15, -0.1) is 0 Å². The van der Waals surface area contributed by atoms with Crippen LogP contribution in [0.4, 0.5) is 13.2 Å². The molecule has 0 spiro atoms. The molecule has 7 nitrogen and oxygen atoms in total. The van der Waals surface area contributed by atoms with Crippen molar-refractivity contribution in [2.75, 3.05) is 0 Å². The number of Topliss-reactive ketones (excluding diaryl/α,β-unsaturated/α-hetero) is 1. The number of fused-ring (bicyclic) bond motifs is 1. The molecule has 2 aromatic carbocycles. The molecular weight excluding hydrogens is 477 g/mol. The molecule has 0 amide bonds. The average molecular weight is 493 g/mol. The lowest BCUT2D eigenvalue weighted by molar-refractivity contribution is -0.142. The fraction of sp³-hybridized carbons (Fsp3) is 0.217. The molecule has 1 aliphatic rings. The number of ketones is 1. The maximum atomic E-state index is 13.7. The Morgan fingerprint density at radius 3 is 2.32 bits per heavy atom. The van der Waals surface area contributed by atoms with Crippen LogP contribution in [0.25, 0.3) is 11.3 Å². The number of carboxylic acid groups (broad SMARTS) is 2. The number of aliphatic carboxylic acids is 1. The van der Waals surface area contributed by atoms with Gasteiger partial charge in [-0.25, -0.2) is 4.79 Å². The molecule has 3 N–H and O–H groups in total. The molecule has 1 aromatic heterocycles. The van der Waals surface area contributed by atoms with Crippen LogP contribution in [0.15, 0.2) is 42.5 Å². The average Bonchev–Trinajstić information content (AvgIpc) is 3.21. The molecule has 0 bridgehead atoms. The van der Waals surface area contributed by atoms with Crippen LogP contribution in [-0.2, 0) is 17.4 Å². The Hall–Kier alpha value is -3.66. The van der Waals surface area contributed by atoms with Crippen molar-refractivity contribution in [2.24, 2.45) is 5.92 Å². The first-order chi connectivity index (χ1) is 16.0. The zero-order valence-corrected chi connectivity index (χ0v) is 17.9. The maximum absolute atomic E-state index is 13.7. The number of hydrogen-bond donors (Lipinski definition) is 3. The number of benzene rings is 2. The summed E-state index contributed by atoms with van der Waals surface area (Å²) in [6, 6.07) is 8.58. The molecule has 34 heavy (non-hydrogen) atoms. The lowest BCUT2D eigenvalue weighted by Gasteiger charge is -2.28. The van der Waals surface area contributed by atoms with Gasteiger partial charge in [-0.3, -0.25) is 14.7 Å². The van der Waals surface area contributed by atoms with Crippen molar-refractivity contribution < 1.29 is 37.8 Å². The zero-order chi connectivity index (χ0) is 24.8. The Bertz CT molecular complexity index is 1300. The highest BCUT2D eigenvalue weighted by molar-refractivity contribution is 6.34. The topological polar surface area (TPSA) is 120 Å². The highest BCUT2D eigenvalue weighted by Crippen LogP contribution is 2.44. The third-order valence-electron chi connectivity index (χ3n) is 5.84. The van der Waals surface area contributed by atoms with Gasteiger partial charge in [-0.05, 0) is 30.7 Å². The number of rotatable bonds is 5. The molecule has 2 atom stereocenters. The minimum Gasteiger partial charge on any atom is -0.481 e. The van der Waals surface area contributed by atoms with Crippen LogP contribution < -0.4 is 0 Å². The smallest absolute Gasteiger partial charge is 0.417 e. The normalized spacial score (nSPS) is 17.8. The van der Waals surface area contributed by atoms with E-state index in [0.29, 0.717) is 11.3 Å². The van der Waals surface area contributed by atoms with Gasteiger partial charge in [0.15, 0.2) is 5.78 Å². The Morgan fingerprint density at radius 2 is 1.74 bits per heavy atom. The van der Waals surface area contributed by atoms with E-state index < -0.39 is 51.9 Å². The van der Waals surface area contributed by atoms with Gasteiger partial charge in [0.1, 0.15) is 0 Å². The molecule has 176 valence electrons.